The Labute approximate surface area is 152 Å². The van der Waals surface area contributed by atoms with Crippen LogP contribution in [0.3, 0.4) is 0 Å². The van der Waals surface area contributed by atoms with E-state index in [1.165, 1.54) is 31.2 Å². The van der Waals surface area contributed by atoms with E-state index in [0.717, 1.165) is 0 Å². The summed E-state index contributed by atoms with van der Waals surface area (Å²) in [4.78, 5) is 12.0. The smallest absolute Gasteiger partial charge is 0.352 e. The molecule has 26 heavy (non-hydrogen) atoms. The molecule has 0 spiro atoms. The molecule has 0 fully saturated rings. The standard InChI is InChI=1S/C15H14ClF3N2O4S/c1-9-12(13(25-21-9)15(17,18)19)14(22)20-7-2-8-26(23,24)11-5-3-10(16)4-6-11/h3-6H,2,7-8H2,1H3,(H,20,22). The number of carbonyl (C=O) groups excluding carboxylic acids is 1. The highest BCUT2D eigenvalue weighted by Crippen LogP contribution is 2.33. The fourth-order valence-electron chi connectivity index (χ4n) is 2.14. The van der Waals surface area contributed by atoms with Crippen LogP contribution in [0.2, 0.25) is 5.02 Å². The molecule has 1 amide bonds. The molecule has 2 aromatic rings. The number of hydrogen-bond donors (Lipinski definition) is 1. The largest absolute Gasteiger partial charge is 0.453 e. The number of carbonyl (C=O) groups is 1. The fraction of sp³-hybridized carbons (Fsp3) is 0.333. The Balaban J connectivity index is 1.95. The summed E-state index contributed by atoms with van der Waals surface area (Å²) in [6.07, 6.45) is -4.84. The molecule has 0 saturated heterocycles. The Morgan fingerprint density at radius 1 is 1.27 bits per heavy atom. The molecule has 0 aliphatic rings. The molecule has 0 unspecified atom stereocenters. The van der Waals surface area contributed by atoms with Crippen molar-refractivity contribution in [2.45, 2.75) is 24.4 Å². The maximum Gasteiger partial charge on any atom is 0.453 e. The number of alkyl halides is 3. The minimum Gasteiger partial charge on any atom is -0.352 e. The normalized spacial score (nSPS) is 12.2. The first-order valence-electron chi connectivity index (χ1n) is 7.32. The van der Waals surface area contributed by atoms with Gasteiger partial charge in [-0.2, -0.15) is 13.2 Å². The van der Waals surface area contributed by atoms with Crippen LogP contribution in [0.15, 0.2) is 33.7 Å². The molecule has 0 aliphatic carbocycles. The molecule has 1 aromatic heterocycles. The van der Waals surface area contributed by atoms with Gasteiger partial charge in [0.05, 0.1) is 16.3 Å². The molecule has 2 rings (SSSR count). The quantitative estimate of drug-likeness (QED) is 0.738. The highest BCUT2D eigenvalue weighted by molar-refractivity contribution is 7.91. The van der Waals surface area contributed by atoms with Crippen molar-refractivity contribution in [3.63, 3.8) is 0 Å². The second-order valence-electron chi connectivity index (χ2n) is 5.35. The van der Waals surface area contributed by atoms with Crippen LogP contribution in [-0.2, 0) is 16.0 Å². The van der Waals surface area contributed by atoms with Crippen molar-refractivity contribution < 1.29 is 30.9 Å². The van der Waals surface area contributed by atoms with Crippen molar-refractivity contribution in [3.8, 4) is 0 Å². The van der Waals surface area contributed by atoms with Crippen LogP contribution in [0.5, 0.6) is 0 Å². The van der Waals surface area contributed by atoms with Gasteiger partial charge in [0.15, 0.2) is 9.84 Å². The van der Waals surface area contributed by atoms with Crippen molar-refractivity contribution in [3.05, 3.63) is 46.3 Å². The summed E-state index contributed by atoms with van der Waals surface area (Å²) < 4.78 is 66.8. The lowest BCUT2D eigenvalue weighted by Gasteiger charge is -2.08. The van der Waals surface area contributed by atoms with E-state index in [9.17, 15) is 26.4 Å². The van der Waals surface area contributed by atoms with Crippen molar-refractivity contribution in [1.29, 1.82) is 0 Å². The summed E-state index contributed by atoms with van der Waals surface area (Å²) in [6.45, 7) is 1.08. The first-order valence-corrected chi connectivity index (χ1v) is 9.35. The predicted octanol–water partition coefficient (Wildman–Crippen LogP) is 3.25. The molecular weight excluding hydrogens is 397 g/mol. The van der Waals surface area contributed by atoms with E-state index in [2.05, 4.69) is 15.0 Å². The van der Waals surface area contributed by atoms with Crippen molar-refractivity contribution in [1.82, 2.24) is 10.5 Å². The average molecular weight is 411 g/mol. The number of nitrogens with zero attached hydrogens (tertiary/aromatic N) is 1. The number of aryl methyl sites for hydroxylation is 1. The minimum absolute atomic E-state index is 0.0162. The molecule has 1 heterocycles. The number of benzene rings is 1. The molecule has 1 N–H and O–H groups in total. The van der Waals surface area contributed by atoms with Crippen LogP contribution in [0.25, 0.3) is 0 Å². The lowest BCUT2D eigenvalue weighted by atomic mass is 10.1. The number of rotatable bonds is 6. The van der Waals surface area contributed by atoms with Crippen LogP contribution in [0, 0.1) is 6.92 Å². The molecule has 0 radical (unpaired) electrons. The third-order valence-corrected chi connectivity index (χ3v) is 5.46. The maximum absolute atomic E-state index is 12.8. The number of nitrogens with one attached hydrogen (secondary N) is 1. The molecule has 0 bridgehead atoms. The fourth-order valence-corrected chi connectivity index (χ4v) is 3.58. The van der Waals surface area contributed by atoms with Crippen LogP contribution in [0.1, 0.15) is 28.2 Å². The summed E-state index contributed by atoms with van der Waals surface area (Å²) in [7, 11) is -3.59. The van der Waals surface area contributed by atoms with Crippen molar-refractivity contribution in [2.24, 2.45) is 0 Å². The summed E-state index contributed by atoms with van der Waals surface area (Å²) in [5.74, 6) is -2.80. The molecule has 1 aromatic carbocycles. The highest BCUT2D eigenvalue weighted by Gasteiger charge is 2.41. The molecular formula is C15H14ClF3N2O4S. The Morgan fingerprint density at radius 3 is 2.46 bits per heavy atom. The highest BCUT2D eigenvalue weighted by atomic mass is 35.5. The van der Waals surface area contributed by atoms with Crippen LogP contribution in [0.4, 0.5) is 13.2 Å². The molecule has 0 atom stereocenters. The van der Waals surface area contributed by atoms with Gasteiger partial charge >= 0.3 is 6.18 Å². The number of hydrogen-bond acceptors (Lipinski definition) is 5. The van der Waals surface area contributed by atoms with Crippen LogP contribution in [-0.4, -0.2) is 31.8 Å². The Kier molecular flexibility index (Phi) is 5.97. The summed E-state index contributed by atoms with van der Waals surface area (Å²) in [6, 6.07) is 5.58. The maximum atomic E-state index is 12.8. The number of aromatic nitrogens is 1. The molecule has 0 aliphatic heterocycles. The van der Waals surface area contributed by atoms with Gasteiger partial charge in [0.2, 0.25) is 0 Å². The van der Waals surface area contributed by atoms with Gasteiger partial charge in [-0.3, -0.25) is 4.79 Å². The Bertz CT molecular complexity index is 893. The first kappa shape index (κ1) is 20.2. The van der Waals surface area contributed by atoms with E-state index in [4.69, 9.17) is 11.6 Å². The second kappa shape index (κ2) is 7.67. The van der Waals surface area contributed by atoms with Gasteiger partial charge in [-0.1, -0.05) is 16.8 Å². The topological polar surface area (TPSA) is 89.3 Å². The monoisotopic (exact) mass is 410 g/mol. The summed E-state index contributed by atoms with van der Waals surface area (Å²) in [5.41, 5.74) is -0.915. The zero-order valence-corrected chi connectivity index (χ0v) is 15.0. The number of halogens is 4. The number of amides is 1. The second-order valence-corrected chi connectivity index (χ2v) is 7.90. The van der Waals surface area contributed by atoms with Gasteiger partial charge < -0.3 is 9.84 Å². The Morgan fingerprint density at radius 2 is 1.88 bits per heavy atom. The zero-order valence-electron chi connectivity index (χ0n) is 13.4. The van der Waals surface area contributed by atoms with E-state index >= 15 is 0 Å². The van der Waals surface area contributed by atoms with Crippen molar-refractivity contribution in [2.75, 3.05) is 12.3 Å². The van der Waals surface area contributed by atoms with E-state index in [1.54, 1.807) is 0 Å². The third kappa shape index (κ3) is 4.76. The van der Waals surface area contributed by atoms with E-state index in [1.807, 2.05) is 0 Å². The van der Waals surface area contributed by atoms with Gasteiger partial charge in [-0.25, -0.2) is 8.42 Å². The summed E-state index contributed by atoms with van der Waals surface area (Å²) in [5, 5.41) is 5.79. The molecule has 11 heteroatoms. The molecule has 142 valence electrons. The minimum atomic E-state index is -4.86. The van der Waals surface area contributed by atoms with Gasteiger partial charge in [-0.05, 0) is 37.6 Å². The van der Waals surface area contributed by atoms with Gasteiger partial charge in [0, 0.05) is 11.6 Å². The summed E-state index contributed by atoms with van der Waals surface area (Å²) >= 11 is 5.69. The Hall–Kier alpha value is -2.07. The van der Waals surface area contributed by atoms with E-state index in [0.29, 0.717) is 5.02 Å². The van der Waals surface area contributed by atoms with E-state index < -0.39 is 33.2 Å². The van der Waals surface area contributed by atoms with Crippen LogP contribution < -0.4 is 5.32 Å². The molecule has 6 nitrogen and oxygen atoms in total. The predicted molar refractivity (Wildman–Crippen MR) is 86.7 cm³/mol. The van der Waals surface area contributed by atoms with Crippen LogP contribution >= 0.6 is 11.6 Å². The SMILES string of the molecule is Cc1noc(C(F)(F)F)c1C(=O)NCCCS(=O)(=O)c1ccc(Cl)cc1. The van der Waals surface area contributed by atoms with Gasteiger partial charge in [-0.15, -0.1) is 0 Å². The van der Waals surface area contributed by atoms with Crippen molar-refractivity contribution >= 4 is 27.3 Å². The lowest BCUT2D eigenvalue weighted by molar-refractivity contribution is -0.155. The lowest BCUT2D eigenvalue weighted by Crippen LogP contribution is -2.28. The van der Waals surface area contributed by atoms with E-state index in [-0.39, 0.29) is 29.3 Å². The van der Waals surface area contributed by atoms with Gasteiger partial charge in [0.1, 0.15) is 5.56 Å². The van der Waals surface area contributed by atoms with Gasteiger partial charge in [0.25, 0.3) is 11.7 Å². The molecule has 0 saturated carbocycles. The number of sulfone groups is 1. The average Bonchev–Trinajstić information content (AvgIpc) is 2.94. The zero-order chi connectivity index (χ0) is 19.5. The first-order chi connectivity index (χ1) is 12.0. The third-order valence-electron chi connectivity index (χ3n) is 3.40.